The lowest BCUT2D eigenvalue weighted by atomic mass is 10.0. The van der Waals surface area contributed by atoms with Crippen molar-refractivity contribution in [2.24, 2.45) is 0 Å². The summed E-state index contributed by atoms with van der Waals surface area (Å²) >= 11 is 3.59. The first-order chi connectivity index (χ1) is 8.11. The Morgan fingerprint density at radius 3 is 2.53 bits per heavy atom. The maximum Gasteiger partial charge on any atom is 0.0949 e. The molecule has 0 aromatic carbocycles. The Bertz CT molecular complexity index is 480. The van der Waals surface area contributed by atoms with Crippen LogP contribution in [-0.4, -0.2) is 12.0 Å². The van der Waals surface area contributed by atoms with Crippen molar-refractivity contribution in [1.82, 2.24) is 10.3 Å². The number of hydrogen-bond donors (Lipinski definition) is 1. The van der Waals surface area contributed by atoms with Crippen molar-refractivity contribution in [1.29, 1.82) is 0 Å². The third-order valence-corrected chi connectivity index (χ3v) is 5.05. The van der Waals surface area contributed by atoms with Crippen LogP contribution in [0.5, 0.6) is 0 Å². The topological polar surface area (TPSA) is 24.9 Å². The summed E-state index contributed by atoms with van der Waals surface area (Å²) < 4.78 is 0. The minimum Gasteiger partial charge on any atom is -0.313 e. The quantitative estimate of drug-likeness (QED) is 0.914. The van der Waals surface area contributed by atoms with E-state index < -0.39 is 0 Å². The lowest BCUT2D eigenvalue weighted by molar-refractivity contribution is 0.589. The lowest BCUT2D eigenvalue weighted by Gasteiger charge is -2.14. The van der Waals surface area contributed by atoms with Crippen molar-refractivity contribution in [3.8, 4) is 0 Å². The number of aromatic nitrogens is 1. The van der Waals surface area contributed by atoms with Crippen LogP contribution in [0.1, 0.15) is 32.7 Å². The molecule has 0 spiro atoms. The van der Waals surface area contributed by atoms with Gasteiger partial charge in [-0.2, -0.15) is 11.3 Å². The fourth-order valence-electron chi connectivity index (χ4n) is 1.90. The molecule has 0 saturated carbocycles. The summed E-state index contributed by atoms with van der Waals surface area (Å²) in [5, 5.41) is 9.07. The van der Waals surface area contributed by atoms with Crippen LogP contribution in [0.15, 0.2) is 10.8 Å². The molecule has 1 unspecified atom stereocenters. The van der Waals surface area contributed by atoms with Gasteiger partial charge in [-0.15, -0.1) is 11.3 Å². The Hall–Kier alpha value is -0.710. The zero-order valence-corrected chi connectivity index (χ0v) is 12.3. The van der Waals surface area contributed by atoms with Crippen molar-refractivity contribution >= 4 is 22.7 Å². The van der Waals surface area contributed by atoms with Gasteiger partial charge in [-0.1, -0.05) is 0 Å². The Kier molecular flexibility index (Phi) is 3.97. The highest BCUT2D eigenvalue weighted by atomic mass is 32.1. The zero-order chi connectivity index (χ0) is 12.4. The molecule has 0 aliphatic rings. The number of thiazole rings is 1. The van der Waals surface area contributed by atoms with Gasteiger partial charge in [-0.25, -0.2) is 4.98 Å². The minimum atomic E-state index is 0.381. The smallest absolute Gasteiger partial charge is 0.0949 e. The fourth-order valence-corrected chi connectivity index (χ4v) is 3.78. The van der Waals surface area contributed by atoms with E-state index in [9.17, 15) is 0 Å². The van der Waals surface area contributed by atoms with Crippen LogP contribution in [0.25, 0.3) is 0 Å². The van der Waals surface area contributed by atoms with E-state index in [1.165, 1.54) is 26.7 Å². The van der Waals surface area contributed by atoms with Crippen molar-refractivity contribution < 1.29 is 0 Å². The van der Waals surface area contributed by atoms with Gasteiger partial charge in [0.05, 0.1) is 10.7 Å². The molecule has 17 heavy (non-hydrogen) atoms. The van der Waals surface area contributed by atoms with Gasteiger partial charge in [0, 0.05) is 17.3 Å². The maximum atomic E-state index is 4.62. The second-order valence-corrected chi connectivity index (χ2v) is 6.34. The first-order valence-electron chi connectivity index (χ1n) is 5.74. The number of aryl methyl sites for hydroxylation is 3. The molecular formula is C13H18N2S2. The normalized spacial score (nSPS) is 12.9. The Balaban J connectivity index is 2.18. The summed E-state index contributed by atoms with van der Waals surface area (Å²) in [6, 6.07) is 0.381. The van der Waals surface area contributed by atoms with Gasteiger partial charge in [0.15, 0.2) is 0 Å². The zero-order valence-electron chi connectivity index (χ0n) is 10.7. The van der Waals surface area contributed by atoms with Crippen LogP contribution in [0.2, 0.25) is 0 Å². The molecule has 4 heteroatoms. The molecule has 2 nitrogen and oxygen atoms in total. The summed E-state index contributed by atoms with van der Waals surface area (Å²) in [5.74, 6) is 0. The molecule has 0 amide bonds. The largest absolute Gasteiger partial charge is 0.313 e. The van der Waals surface area contributed by atoms with Gasteiger partial charge < -0.3 is 5.32 Å². The molecule has 0 bridgehead atoms. The predicted molar refractivity (Wildman–Crippen MR) is 76.1 cm³/mol. The molecule has 2 aromatic rings. The second-order valence-electron chi connectivity index (χ2n) is 4.30. The van der Waals surface area contributed by atoms with Gasteiger partial charge >= 0.3 is 0 Å². The van der Waals surface area contributed by atoms with E-state index in [0.717, 1.165) is 6.42 Å². The molecule has 2 rings (SSSR count). The number of thiophene rings is 1. The Labute approximate surface area is 111 Å². The Morgan fingerprint density at radius 2 is 2.06 bits per heavy atom. The van der Waals surface area contributed by atoms with Crippen molar-refractivity contribution in [2.45, 2.75) is 33.2 Å². The first-order valence-corrected chi connectivity index (χ1v) is 7.50. The Morgan fingerprint density at radius 1 is 1.29 bits per heavy atom. The maximum absolute atomic E-state index is 4.62. The van der Waals surface area contributed by atoms with Gasteiger partial charge in [0.2, 0.25) is 0 Å². The molecule has 0 fully saturated rings. The standard InChI is InChI=1S/C13H18N2S2/c1-8-6-16-7-11(8)12(14-4)5-13-15-9(2)10(3)17-13/h6-7,12,14H,5H2,1-4H3. The molecule has 92 valence electrons. The van der Waals surface area contributed by atoms with Crippen LogP contribution in [0.3, 0.4) is 0 Å². The number of nitrogens with zero attached hydrogens (tertiary/aromatic N) is 1. The molecule has 0 radical (unpaired) electrons. The summed E-state index contributed by atoms with van der Waals surface area (Å²) in [4.78, 5) is 5.95. The van der Waals surface area contributed by atoms with E-state index in [4.69, 9.17) is 0 Å². The highest BCUT2D eigenvalue weighted by Crippen LogP contribution is 2.27. The fraction of sp³-hybridized carbons (Fsp3) is 0.462. The van der Waals surface area contributed by atoms with E-state index in [1.54, 1.807) is 11.3 Å². The van der Waals surface area contributed by atoms with Gasteiger partial charge in [-0.05, 0) is 49.7 Å². The molecule has 0 aliphatic carbocycles. The van der Waals surface area contributed by atoms with E-state index >= 15 is 0 Å². The summed E-state index contributed by atoms with van der Waals surface area (Å²) in [6.45, 7) is 6.40. The minimum absolute atomic E-state index is 0.381. The monoisotopic (exact) mass is 266 g/mol. The number of hydrogen-bond acceptors (Lipinski definition) is 4. The molecule has 2 heterocycles. The summed E-state index contributed by atoms with van der Waals surface area (Å²) in [6.07, 6.45) is 0.980. The summed E-state index contributed by atoms with van der Waals surface area (Å²) in [7, 11) is 2.02. The number of likely N-dealkylation sites (N-methyl/N-ethyl adjacent to an activating group) is 1. The van der Waals surface area contributed by atoms with Gasteiger partial charge in [-0.3, -0.25) is 0 Å². The van der Waals surface area contributed by atoms with Crippen LogP contribution in [-0.2, 0) is 6.42 Å². The van der Waals surface area contributed by atoms with Crippen molar-refractivity contribution in [2.75, 3.05) is 7.05 Å². The van der Waals surface area contributed by atoms with Crippen LogP contribution < -0.4 is 5.32 Å². The van der Waals surface area contributed by atoms with E-state index in [2.05, 4.69) is 41.8 Å². The van der Waals surface area contributed by atoms with Gasteiger partial charge in [0.1, 0.15) is 0 Å². The highest BCUT2D eigenvalue weighted by Gasteiger charge is 2.15. The van der Waals surface area contributed by atoms with E-state index in [0.29, 0.717) is 6.04 Å². The average molecular weight is 266 g/mol. The van der Waals surface area contributed by atoms with Crippen LogP contribution in [0, 0.1) is 20.8 Å². The number of rotatable bonds is 4. The van der Waals surface area contributed by atoms with Crippen molar-refractivity contribution in [3.05, 3.63) is 37.5 Å². The van der Waals surface area contributed by atoms with Gasteiger partial charge in [0.25, 0.3) is 0 Å². The molecular weight excluding hydrogens is 248 g/mol. The average Bonchev–Trinajstić information content (AvgIpc) is 2.83. The molecule has 1 N–H and O–H groups in total. The number of nitrogens with one attached hydrogen (secondary N) is 1. The predicted octanol–water partition coefficient (Wildman–Crippen LogP) is 3.63. The second kappa shape index (κ2) is 5.29. The van der Waals surface area contributed by atoms with Crippen LogP contribution >= 0.6 is 22.7 Å². The third-order valence-electron chi connectivity index (χ3n) is 3.07. The SMILES string of the molecule is CNC(Cc1nc(C)c(C)s1)c1cscc1C. The first kappa shape index (κ1) is 12.7. The third kappa shape index (κ3) is 2.76. The highest BCUT2D eigenvalue weighted by molar-refractivity contribution is 7.11. The molecule has 2 aromatic heterocycles. The molecule has 0 aliphatic heterocycles. The van der Waals surface area contributed by atoms with Crippen molar-refractivity contribution in [3.63, 3.8) is 0 Å². The van der Waals surface area contributed by atoms with E-state index in [1.807, 2.05) is 18.4 Å². The molecule has 1 atom stereocenters. The molecule has 0 saturated heterocycles. The van der Waals surface area contributed by atoms with Crippen LogP contribution in [0.4, 0.5) is 0 Å². The lowest BCUT2D eigenvalue weighted by Crippen LogP contribution is -2.18. The summed E-state index contributed by atoms with van der Waals surface area (Å²) in [5.41, 5.74) is 3.95. The van der Waals surface area contributed by atoms with E-state index in [-0.39, 0.29) is 0 Å².